The van der Waals surface area contributed by atoms with Crippen LogP contribution in [-0.4, -0.2) is 9.13 Å². The van der Waals surface area contributed by atoms with Crippen LogP contribution in [0.15, 0.2) is 145 Å². The summed E-state index contributed by atoms with van der Waals surface area (Å²) in [5.41, 5.74) is -5.64. The molecule has 2 nitrogen and oxygen atoms in total. The molecular weight excluding hydrogens is 460 g/mol. The van der Waals surface area contributed by atoms with E-state index in [0.717, 1.165) is 9.13 Å². The molecule has 0 bridgehead atoms. The molecule has 178 valence electrons. The SMILES string of the molecule is [2H]c1c([2H])c([2H])c(-c2c([2H])c([2H])c([2H])c(-n3c4c([2H])c([2H])c([2H])c([2H])c4c4c([2H])c([2H])c([2H])c(-n5c6c([2H])c([2H])c([2H])c([2H])c6c6c([2H])c([2H])c([2H])c([2H])c65)c43)c2[2H])c([2H])c1[2H]. The number of aromatic nitrogens is 2. The molecule has 0 spiro atoms. The number of rotatable bonds is 3. The lowest BCUT2D eigenvalue weighted by Crippen LogP contribution is -2.00. The van der Waals surface area contributed by atoms with Crippen LogP contribution in [0.5, 0.6) is 0 Å². The lowest BCUT2D eigenvalue weighted by atomic mass is 10.1. The van der Waals surface area contributed by atoms with E-state index in [-0.39, 0.29) is 0 Å². The Morgan fingerprint density at radius 3 is 1.58 bits per heavy atom. The van der Waals surface area contributed by atoms with Crippen molar-refractivity contribution < 1.29 is 32.9 Å². The summed E-state index contributed by atoms with van der Waals surface area (Å²) in [7, 11) is 0. The fourth-order valence-corrected chi connectivity index (χ4v) is 4.53. The number of para-hydroxylation sites is 4. The summed E-state index contributed by atoms with van der Waals surface area (Å²) in [5.74, 6) is 0. The number of fused-ring (bicyclic) bond motifs is 6. The Kier molecular flexibility index (Phi) is 1.78. The summed E-state index contributed by atoms with van der Waals surface area (Å²) in [6.45, 7) is 0. The van der Waals surface area contributed by atoms with Crippen molar-refractivity contribution >= 4 is 43.6 Å². The largest absolute Gasteiger partial charge is 0.307 e. The monoisotopic (exact) mass is 508 g/mol. The van der Waals surface area contributed by atoms with Gasteiger partial charge in [0.15, 0.2) is 0 Å². The fraction of sp³-hybridized carbons (Fsp3) is 0. The van der Waals surface area contributed by atoms with Gasteiger partial charge in [-0.2, -0.15) is 0 Å². The molecule has 0 aliphatic carbocycles. The van der Waals surface area contributed by atoms with Crippen molar-refractivity contribution in [3.05, 3.63) is 145 Å². The third-order valence-corrected chi connectivity index (χ3v) is 6.04. The maximum atomic E-state index is 9.57. The van der Waals surface area contributed by atoms with Crippen molar-refractivity contribution in [3.63, 3.8) is 0 Å². The molecule has 2 heterocycles. The molecule has 0 amide bonds. The molecule has 0 aliphatic rings. The van der Waals surface area contributed by atoms with Crippen LogP contribution in [0.25, 0.3) is 66.1 Å². The maximum Gasteiger partial charge on any atom is 0.0782 e. The van der Waals surface area contributed by atoms with Gasteiger partial charge >= 0.3 is 0 Å². The van der Waals surface area contributed by atoms with Gasteiger partial charge < -0.3 is 9.13 Å². The van der Waals surface area contributed by atoms with Gasteiger partial charge in [-0.25, -0.2) is 0 Å². The zero-order valence-electron chi connectivity index (χ0n) is 42.9. The zero-order chi connectivity index (χ0) is 45.9. The van der Waals surface area contributed by atoms with E-state index in [9.17, 15) is 5.48 Å². The Morgan fingerprint density at radius 2 is 0.895 bits per heavy atom. The Morgan fingerprint density at radius 1 is 0.395 bits per heavy atom. The van der Waals surface area contributed by atoms with Crippen molar-refractivity contribution in [1.29, 1.82) is 0 Å². The molecule has 0 saturated heterocycles. The van der Waals surface area contributed by atoms with Crippen LogP contribution in [0.2, 0.25) is 0 Å². The standard InChI is InChI=1S/C36H24N2/c1-2-12-25(13-3-1)26-14-10-15-27(24-26)37-32-20-7-6-18-30(32)31-19-11-23-35(36(31)37)38-33-21-8-4-16-28(33)29-17-5-9-22-34(29)38/h1-24H/i1D,2D,3D,4D,5D,6D,7D,8D,9D,10D,11D,12D,13D,14D,15D,16D,17D,18D,19D,20D,21D,22D,23D,24D. The molecule has 0 fully saturated rings. The Hall–Kier alpha value is -5.08. The number of nitrogens with zero attached hydrogens (tertiary/aromatic N) is 2. The normalized spacial score (nSPS) is 20.5. The zero-order valence-corrected chi connectivity index (χ0v) is 18.9. The van der Waals surface area contributed by atoms with Crippen LogP contribution in [0.1, 0.15) is 32.9 Å². The maximum absolute atomic E-state index is 9.57. The minimum Gasteiger partial charge on any atom is -0.307 e. The van der Waals surface area contributed by atoms with E-state index in [2.05, 4.69) is 0 Å². The van der Waals surface area contributed by atoms with Crippen molar-refractivity contribution in [2.45, 2.75) is 0 Å². The minimum absolute atomic E-state index is 0.475. The molecule has 8 rings (SSSR count). The first-order valence-corrected chi connectivity index (χ1v) is 11.1. The summed E-state index contributed by atoms with van der Waals surface area (Å²) in [6, 6.07) is -21.5. The van der Waals surface area contributed by atoms with Crippen LogP contribution >= 0.6 is 0 Å². The first kappa shape index (κ1) is 8.21. The van der Waals surface area contributed by atoms with Crippen molar-refractivity contribution in [1.82, 2.24) is 9.13 Å². The van der Waals surface area contributed by atoms with Gasteiger partial charge in [0.05, 0.1) is 60.7 Å². The van der Waals surface area contributed by atoms with Gasteiger partial charge in [0, 0.05) is 27.2 Å². The minimum atomic E-state index is -1.02. The van der Waals surface area contributed by atoms with Gasteiger partial charge in [0.25, 0.3) is 0 Å². The van der Waals surface area contributed by atoms with E-state index < -0.39 is 211 Å². The number of benzene rings is 6. The van der Waals surface area contributed by atoms with E-state index in [1.165, 1.54) is 0 Å². The van der Waals surface area contributed by atoms with E-state index in [1.807, 2.05) is 0 Å². The van der Waals surface area contributed by atoms with Crippen LogP contribution < -0.4 is 0 Å². The molecule has 2 aromatic heterocycles. The Labute approximate surface area is 254 Å². The van der Waals surface area contributed by atoms with Gasteiger partial charge in [0.2, 0.25) is 0 Å². The highest BCUT2D eigenvalue weighted by Crippen LogP contribution is 2.39. The third kappa shape index (κ3) is 3.01. The lowest BCUT2D eigenvalue weighted by Gasteiger charge is -2.15. The molecule has 0 aliphatic heterocycles. The van der Waals surface area contributed by atoms with Crippen LogP contribution in [-0.2, 0) is 0 Å². The molecule has 6 aromatic carbocycles. The molecular formula is C36H24N2. The highest BCUT2D eigenvalue weighted by molar-refractivity contribution is 6.15. The highest BCUT2D eigenvalue weighted by Gasteiger charge is 2.19. The smallest absolute Gasteiger partial charge is 0.0782 e. The van der Waals surface area contributed by atoms with Crippen LogP contribution in [0, 0.1) is 0 Å². The van der Waals surface area contributed by atoms with E-state index in [1.54, 1.807) is 0 Å². The topological polar surface area (TPSA) is 9.86 Å². The van der Waals surface area contributed by atoms with Crippen molar-refractivity contribution in [2.24, 2.45) is 0 Å². The van der Waals surface area contributed by atoms with E-state index in [0.29, 0.717) is 0 Å². The molecule has 2 heteroatoms. The predicted octanol–water partition coefficient (Wildman–Crippen LogP) is 9.55. The average molecular weight is 509 g/mol. The van der Waals surface area contributed by atoms with E-state index in [4.69, 9.17) is 27.4 Å². The van der Waals surface area contributed by atoms with Gasteiger partial charge in [-0.3, -0.25) is 0 Å². The van der Waals surface area contributed by atoms with Gasteiger partial charge in [-0.1, -0.05) is 109 Å². The second-order valence-electron chi connectivity index (χ2n) is 8.01. The summed E-state index contributed by atoms with van der Waals surface area (Å²) in [4.78, 5) is 0. The number of hydrogen-bond donors (Lipinski definition) is 0. The van der Waals surface area contributed by atoms with Gasteiger partial charge in [0.1, 0.15) is 0 Å². The first-order chi connectivity index (χ1) is 28.9. The highest BCUT2D eigenvalue weighted by atomic mass is 15.1. The molecule has 0 saturated carbocycles. The Bertz CT molecular complexity index is 3350. The third-order valence-electron chi connectivity index (χ3n) is 6.04. The van der Waals surface area contributed by atoms with Gasteiger partial charge in [-0.05, 0) is 47.4 Å². The summed E-state index contributed by atoms with van der Waals surface area (Å²) >= 11 is 0. The first-order valence-electron chi connectivity index (χ1n) is 23.1. The Balaban J connectivity index is 1.79. The van der Waals surface area contributed by atoms with Crippen LogP contribution in [0.4, 0.5) is 0 Å². The molecule has 0 radical (unpaired) electrons. The summed E-state index contributed by atoms with van der Waals surface area (Å²) < 4.78 is 213. The predicted molar refractivity (Wildman–Crippen MR) is 161 cm³/mol. The van der Waals surface area contributed by atoms with Crippen LogP contribution in [0.3, 0.4) is 0 Å². The van der Waals surface area contributed by atoms with Gasteiger partial charge in [-0.15, -0.1) is 0 Å². The van der Waals surface area contributed by atoms with Crippen molar-refractivity contribution in [2.75, 3.05) is 0 Å². The summed E-state index contributed by atoms with van der Waals surface area (Å²) in [6.07, 6.45) is 0. The lowest BCUT2D eigenvalue weighted by molar-refractivity contribution is 1.13. The molecule has 0 N–H and O–H groups in total. The van der Waals surface area contributed by atoms with E-state index >= 15 is 0 Å². The molecule has 8 aromatic rings. The molecule has 38 heavy (non-hydrogen) atoms. The quantitative estimate of drug-likeness (QED) is 0.225. The molecule has 0 unspecified atom stereocenters. The molecule has 0 atom stereocenters. The average Bonchev–Trinajstić information content (AvgIpc) is 3.78. The second kappa shape index (κ2) is 8.22. The second-order valence-corrected chi connectivity index (χ2v) is 8.01. The summed E-state index contributed by atoms with van der Waals surface area (Å²) in [5, 5.41) is -2.09. The fourth-order valence-electron chi connectivity index (χ4n) is 4.53. The number of hydrogen-bond acceptors (Lipinski definition) is 0. The van der Waals surface area contributed by atoms with Crippen molar-refractivity contribution in [3.8, 4) is 22.5 Å².